The minimum atomic E-state index is -1.87. The Kier molecular flexibility index (Phi) is 8.17. The summed E-state index contributed by atoms with van der Waals surface area (Å²) in [6.07, 6.45) is 2.30. The molecular weight excluding hydrogens is 494 g/mol. The van der Waals surface area contributed by atoms with Crippen LogP contribution < -0.4 is 4.74 Å². The molecule has 34 heavy (non-hydrogen) atoms. The second-order valence-electron chi connectivity index (χ2n) is 9.98. The molecule has 184 valence electrons. The lowest BCUT2D eigenvalue weighted by Gasteiger charge is -2.36. The molecule has 3 aromatic heterocycles. The zero-order valence-corrected chi connectivity index (χ0v) is 23.2. The zero-order chi connectivity index (χ0) is 25.3. The number of pyridine rings is 2. The van der Waals surface area contributed by atoms with E-state index in [4.69, 9.17) is 32.4 Å². The van der Waals surface area contributed by atoms with Crippen molar-refractivity contribution in [3.63, 3.8) is 0 Å². The lowest BCUT2D eigenvalue weighted by Crippen LogP contribution is -2.41. The Morgan fingerprint density at radius 2 is 1.76 bits per heavy atom. The molecule has 0 atom stereocenters. The molecule has 3 heterocycles. The van der Waals surface area contributed by atoms with Gasteiger partial charge in [0, 0.05) is 24.8 Å². The summed E-state index contributed by atoms with van der Waals surface area (Å²) in [7, 11) is -1.87. The van der Waals surface area contributed by atoms with Gasteiger partial charge in [0.25, 0.3) is 0 Å². The molecule has 0 aliphatic carbocycles. The van der Waals surface area contributed by atoms with Gasteiger partial charge in [0.2, 0.25) is 5.82 Å². The molecule has 0 bridgehead atoms. The van der Waals surface area contributed by atoms with Gasteiger partial charge in [-0.05, 0) is 36.2 Å². The van der Waals surface area contributed by atoms with Crippen molar-refractivity contribution < 1.29 is 13.6 Å². The largest absolute Gasteiger partial charge is 0.489 e. The van der Waals surface area contributed by atoms with Gasteiger partial charge in [-0.25, -0.2) is 15.0 Å². The Bertz CT molecular complexity index is 1190. The van der Waals surface area contributed by atoms with Crippen LogP contribution in [0.2, 0.25) is 28.4 Å². The third kappa shape index (κ3) is 5.67. The topological polar surface area (TPSA) is 70.0 Å². The smallest absolute Gasteiger partial charge is 0.203 e. The van der Waals surface area contributed by atoms with Crippen LogP contribution in [-0.4, -0.2) is 41.5 Å². The standard InChI is InChI=1S/C24H31Cl2FN4O2Si/c1-14(2)18-15(10-8-11-28-18)22-29-20(25)16-19(17(27)21(26)30-23(16)31-22)32-12-9-13-33-34(6,7)24(3,4)5/h8,10-11,14H,9,12-13H2,1-7H3. The second-order valence-corrected chi connectivity index (χ2v) is 15.5. The molecule has 10 heteroatoms. The van der Waals surface area contributed by atoms with E-state index < -0.39 is 14.1 Å². The van der Waals surface area contributed by atoms with Crippen LogP contribution in [0.1, 0.15) is 52.7 Å². The highest BCUT2D eigenvalue weighted by molar-refractivity contribution is 6.74. The third-order valence-electron chi connectivity index (χ3n) is 6.09. The number of aromatic nitrogens is 4. The summed E-state index contributed by atoms with van der Waals surface area (Å²) in [6, 6.07) is 3.67. The summed E-state index contributed by atoms with van der Waals surface area (Å²) in [5.74, 6) is -0.402. The van der Waals surface area contributed by atoms with Crippen LogP contribution in [-0.2, 0) is 4.43 Å². The van der Waals surface area contributed by atoms with Crippen molar-refractivity contribution in [2.75, 3.05) is 13.2 Å². The summed E-state index contributed by atoms with van der Waals surface area (Å²) in [6.45, 7) is 15.7. The van der Waals surface area contributed by atoms with E-state index in [0.29, 0.717) is 18.9 Å². The average molecular weight is 526 g/mol. The molecule has 6 nitrogen and oxygen atoms in total. The minimum Gasteiger partial charge on any atom is -0.489 e. The predicted molar refractivity (Wildman–Crippen MR) is 138 cm³/mol. The highest BCUT2D eigenvalue weighted by Crippen LogP contribution is 2.38. The molecule has 0 aliphatic rings. The lowest BCUT2D eigenvalue weighted by molar-refractivity contribution is 0.230. The molecule has 3 aromatic rings. The zero-order valence-electron chi connectivity index (χ0n) is 20.7. The molecule has 0 radical (unpaired) electrons. The van der Waals surface area contributed by atoms with Crippen LogP contribution >= 0.6 is 23.2 Å². The van der Waals surface area contributed by atoms with Crippen molar-refractivity contribution in [2.24, 2.45) is 0 Å². The van der Waals surface area contributed by atoms with Crippen molar-refractivity contribution in [1.29, 1.82) is 0 Å². The first-order valence-electron chi connectivity index (χ1n) is 11.3. The van der Waals surface area contributed by atoms with E-state index in [0.717, 1.165) is 11.3 Å². The number of halogens is 3. The lowest BCUT2D eigenvalue weighted by atomic mass is 10.0. The maximum absolute atomic E-state index is 14.9. The molecule has 0 saturated carbocycles. The highest BCUT2D eigenvalue weighted by Gasteiger charge is 2.36. The van der Waals surface area contributed by atoms with Crippen LogP contribution in [0, 0.1) is 5.82 Å². The Morgan fingerprint density at radius 1 is 1.06 bits per heavy atom. The predicted octanol–water partition coefficient (Wildman–Crippen LogP) is 7.45. The quantitative estimate of drug-likeness (QED) is 0.132. The molecule has 0 unspecified atom stereocenters. The number of hydrogen-bond donors (Lipinski definition) is 0. The molecule has 0 fully saturated rings. The van der Waals surface area contributed by atoms with E-state index in [2.05, 4.69) is 53.8 Å². The van der Waals surface area contributed by atoms with Gasteiger partial charge in [0.1, 0.15) is 10.5 Å². The number of hydrogen-bond acceptors (Lipinski definition) is 6. The van der Waals surface area contributed by atoms with E-state index >= 15 is 0 Å². The van der Waals surface area contributed by atoms with Gasteiger partial charge in [-0.15, -0.1) is 0 Å². The summed E-state index contributed by atoms with van der Waals surface area (Å²) in [5.41, 5.74) is 1.71. The monoisotopic (exact) mass is 524 g/mol. The number of fused-ring (bicyclic) bond motifs is 1. The Morgan fingerprint density at radius 3 is 2.41 bits per heavy atom. The number of ether oxygens (including phenoxy) is 1. The van der Waals surface area contributed by atoms with Gasteiger partial charge in [0.05, 0.1) is 12.3 Å². The van der Waals surface area contributed by atoms with E-state index in [-0.39, 0.29) is 44.7 Å². The SMILES string of the molecule is CC(C)c1ncccc1-c1nc(Cl)c2c(OCCCO[Si](C)(C)C(C)(C)C)c(F)c(Cl)nc2n1. The van der Waals surface area contributed by atoms with Gasteiger partial charge in [-0.3, -0.25) is 4.98 Å². The maximum atomic E-state index is 14.9. The molecule has 0 saturated heterocycles. The fourth-order valence-corrected chi connectivity index (χ4v) is 4.65. The first-order valence-corrected chi connectivity index (χ1v) is 14.9. The molecule has 0 amide bonds. The van der Waals surface area contributed by atoms with Gasteiger partial charge in [-0.1, -0.05) is 57.8 Å². The van der Waals surface area contributed by atoms with Gasteiger partial charge >= 0.3 is 0 Å². The van der Waals surface area contributed by atoms with Crippen LogP contribution in [0.3, 0.4) is 0 Å². The molecule has 0 aliphatic heterocycles. The molecule has 3 rings (SSSR count). The van der Waals surface area contributed by atoms with Crippen molar-refractivity contribution in [2.45, 2.75) is 65.1 Å². The molecule has 0 N–H and O–H groups in total. The first kappa shape index (κ1) is 26.7. The Balaban J connectivity index is 1.88. The van der Waals surface area contributed by atoms with Gasteiger partial charge < -0.3 is 9.16 Å². The fourth-order valence-electron chi connectivity index (χ4n) is 3.14. The van der Waals surface area contributed by atoms with Gasteiger partial charge in [0.15, 0.2) is 30.7 Å². The van der Waals surface area contributed by atoms with Crippen molar-refractivity contribution in [3.05, 3.63) is 40.1 Å². The maximum Gasteiger partial charge on any atom is 0.203 e. The second kappa shape index (κ2) is 10.4. The van der Waals surface area contributed by atoms with E-state index in [9.17, 15) is 4.39 Å². The van der Waals surface area contributed by atoms with E-state index in [1.54, 1.807) is 12.3 Å². The van der Waals surface area contributed by atoms with Crippen LogP contribution in [0.4, 0.5) is 4.39 Å². The van der Waals surface area contributed by atoms with E-state index in [1.807, 2.05) is 19.9 Å². The number of nitrogens with zero attached hydrogens (tertiary/aromatic N) is 4. The summed E-state index contributed by atoms with van der Waals surface area (Å²) in [4.78, 5) is 17.5. The molecule has 0 spiro atoms. The minimum absolute atomic E-state index is 0.0362. The fraction of sp³-hybridized carbons (Fsp3) is 0.500. The number of rotatable bonds is 8. The van der Waals surface area contributed by atoms with Crippen LogP contribution in [0.25, 0.3) is 22.4 Å². The molecule has 0 aromatic carbocycles. The van der Waals surface area contributed by atoms with Gasteiger partial charge in [-0.2, -0.15) is 4.39 Å². The average Bonchev–Trinajstić information content (AvgIpc) is 2.74. The van der Waals surface area contributed by atoms with Crippen molar-refractivity contribution in [1.82, 2.24) is 19.9 Å². The van der Waals surface area contributed by atoms with E-state index in [1.165, 1.54) is 0 Å². The molecular formula is C24H31Cl2FN4O2Si. The normalized spacial score (nSPS) is 12.6. The third-order valence-corrected chi connectivity index (χ3v) is 11.1. The Hall–Kier alpha value is -1.87. The summed E-state index contributed by atoms with van der Waals surface area (Å²) in [5, 5.41) is -0.000994. The van der Waals surface area contributed by atoms with Crippen molar-refractivity contribution in [3.8, 4) is 17.1 Å². The summed E-state index contributed by atoms with van der Waals surface area (Å²) < 4.78 is 26.8. The first-order chi connectivity index (χ1) is 15.8. The van der Waals surface area contributed by atoms with Crippen LogP contribution in [0.5, 0.6) is 5.75 Å². The highest BCUT2D eigenvalue weighted by atomic mass is 35.5. The Labute approximate surface area is 211 Å². The summed E-state index contributed by atoms with van der Waals surface area (Å²) >= 11 is 12.6. The van der Waals surface area contributed by atoms with Crippen molar-refractivity contribution >= 4 is 42.6 Å². The van der Waals surface area contributed by atoms with Crippen LogP contribution in [0.15, 0.2) is 18.3 Å².